The van der Waals surface area contributed by atoms with Crippen LogP contribution in [0.2, 0.25) is 0 Å². The van der Waals surface area contributed by atoms with Gasteiger partial charge in [-0.3, -0.25) is 4.90 Å². The summed E-state index contributed by atoms with van der Waals surface area (Å²) in [5.41, 5.74) is 2.16. The molecule has 0 aromatic carbocycles. The summed E-state index contributed by atoms with van der Waals surface area (Å²) in [6.07, 6.45) is 10.0. The first-order valence-corrected chi connectivity index (χ1v) is 9.29. The van der Waals surface area contributed by atoms with E-state index >= 15 is 0 Å². The Balaban J connectivity index is 1.79. The Morgan fingerprint density at radius 2 is 1.96 bits per heavy atom. The summed E-state index contributed by atoms with van der Waals surface area (Å²) >= 11 is 0. The van der Waals surface area contributed by atoms with Crippen molar-refractivity contribution < 1.29 is 5.11 Å². The number of fused-ring (bicyclic) bond motifs is 1. The zero-order valence-corrected chi connectivity index (χ0v) is 15.1. The molecule has 1 atom stereocenters. The quantitative estimate of drug-likeness (QED) is 0.880. The van der Waals surface area contributed by atoms with Gasteiger partial charge in [-0.25, -0.2) is 9.67 Å². The minimum atomic E-state index is -0.299. The van der Waals surface area contributed by atoms with Crippen LogP contribution in [0.25, 0.3) is 11.0 Å². The van der Waals surface area contributed by atoms with Gasteiger partial charge in [0.05, 0.1) is 12.3 Å². The third-order valence-corrected chi connectivity index (χ3v) is 4.95. The number of aliphatic hydroxyl groups excluding tert-OH is 1. The second kappa shape index (κ2) is 7.62. The van der Waals surface area contributed by atoms with Gasteiger partial charge in [-0.2, -0.15) is 5.10 Å². The maximum atomic E-state index is 9.90. The molecule has 5 nitrogen and oxygen atoms in total. The maximum Gasteiger partial charge on any atom is 0.157 e. The molecule has 0 spiro atoms. The van der Waals surface area contributed by atoms with E-state index in [4.69, 9.17) is 0 Å². The summed E-state index contributed by atoms with van der Waals surface area (Å²) in [5.74, 6) is 0. The molecule has 2 heterocycles. The van der Waals surface area contributed by atoms with Crippen molar-refractivity contribution >= 4 is 11.0 Å². The smallest absolute Gasteiger partial charge is 0.157 e. The number of rotatable bonds is 6. The highest BCUT2D eigenvalue weighted by molar-refractivity contribution is 5.75. The van der Waals surface area contributed by atoms with E-state index in [0.29, 0.717) is 12.1 Å². The van der Waals surface area contributed by atoms with Crippen LogP contribution < -0.4 is 0 Å². The molecule has 1 aliphatic carbocycles. The molecule has 3 rings (SSSR count). The van der Waals surface area contributed by atoms with Gasteiger partial charge >= 0.3 is 0 Å². The number of hydrogen-bond donors (Lipinski definition) is 1. The van der Waals surface area contributed by atoms with Crippen LogP contribution in [0.1, 0.15) is 64.5 Å². The zero-order valence-electron chi connectivity index (χ0n) is 15.1. The topological polar surface area (TPSA) is 54.2 Å². The van der Waals surface area contributed by atoms with Gasteiger partial charge < -0.3 is 5.11 Å². The second-order valence-corrected chi connectivity index (χ2v) is 7.51. The van der Waals surface area contributed by atoms with Crippen molar-refractivity contribution in [2.45, 2.75) is 77.6 Å². The van der Waals surface area contributed by atoms with Crippen LogP contribution in [-0.4, -0.2) is 43.5 Å². The normalized spacial score (nSPS) is 17.9. The van der Waals surface area contributed by atoms with Gasteiger partial charge in [0.15, 0.2) is 5.65 Å². The van der Waals surface area contributed by atoms with E-state index in [1.165, 1.54) is 37.7 Å². The lowest BCUT2D eigenvalue weighted by Crippen LogP contribution is -2.40. The summed E-state index contributed by atoms with van der Waals surface area (Å²) < 4.78 is 1.97. The van der Waals surface area contributed by atoms with Crippen LogP contribution in [-0.2, 0) is 6.54 Å². The molecule has 132 valence electrons. The van der Waals surface area contributed by atoms with Crippen molar-refractivity contribution in [2.24, 2.45) is 0 Å². The lowest BCUT2D eigenvalue weighted by Gasteiger charge is -2.35. The molecule has 1 fully saturated rings. The van der Waals surface area contributed by atoms with Crippen LogP contribution in [0.3, 0.4) is 0 Å². The Morgan fingerprint density at radius 1 is 1.21 bits per heavy atom. The largest absolute Gasteiger partial charge is 0.392 e. The molecule has 0 radical (unpaired) electrons. The third-order valence-electron chi connectivity index (χ3n) is 4.95. The number of nitrogens with zero attached hydrogens (tertiary/aromatic N) is 4. The van der Waals surface area contributed by atoms with Crippen LogP contribution in [0.5, 0.6) is 0 Å². The van der Waals surface area contributed by atoms with E-state index in [2.05, 4.69) is 34.9 Å². The van der Waals surface area contributed by atoms with E-state index in [9.17, 15) is 5.11 Å². The lowest BCUT2D eigenvalue weighted by atomic mass is 9.93. The van der Waals surface area contributed by atoms with Crippen LogP contribution in [0.4, 0.5) is 0 Å². The highest BCUT2D eigenvalue weighted by Crippen LogP contribution is 2.25. The lowest BCUT2D eigenvalue weighted by molar-refractivity contribution is 0.0768. The highest BCUT2D eigenvalue weighted by atomic mass is 16.3. The molecule has 1 unspecified atom stereocenters. The molecule has 1 saturated carbocycles. The minimum absolute atomic E-state index is 0.299. The molecule has 5 heteroatoms. The summed E-state index contributed by atoms with van der Waals surface area (Å²) in [4.78, 5) is 7.09. The van der Waals surface area contributed by atoms with Crippen LogP contribution >= 0.6 is 0 Å². The minimum Gasteiger partial charge on any atom is -0.392 e. The SMILES string of the molecule is CC(O)CN(Cc1cnc2c(cnn2C(C)C)c1)C1CCCCC1. The Labute approximate surface area is 144 Å². The molecular weight excluding hydrogens is 300 g/mol. The first kappa shape index (κ1) is 17.4. The Bertz CT molecular complexity index is 658. The zero-order chi connectivity index (χ0) is 17.1. The van der Waals surface area contributed by atoms with Crippen molar-refractivity contribution in [3.63, 3.8) is 0 Å². The Morgan fingerprint density at radius 3 is 2.62 bits per heavy atom. The molecule has 1 aliphatic rings. The highest BCUT2D eigenvalue weighted by Gasteiger charge is 2.22. The summed E-state index contributed by atoms with van der Waals surface area (Å²) in [5, 5.41) is 15.4. The average Bonchev–Trinajstić information content (AvgIpc) is 2.98. The number of hydrogen-bond acceptors (Lipinski definition) is 4. The molecule has 0 amide bonds. The Kier molecular flexibility index (Phi) is 5.51. The standard InChI is InChI=1S/C19H30N4O/c1-14(2)23-19-17(11-21-23)9-16(10-20-19)13-22(12-15(3)24)18-7-5-4-6-8-18/h9-11,14-15,18,24H,4-8,12-13H2,1-3H3. The van der Waals surface area contributed by atoms with Crippen molar-refractivity contribution in [3.05, 3.63) is 24.0 Å². The van der Waals surface area contributed by atoms with Crippen LogP contribution in [0.15, 0.2) is 18.5 Å². The first-order chi connectivity index (χ1) is 11.5. The van der Waals surface area contributed by atoms with E-state index in [0.717, 1.165) is 24.1 Å². The van der Waals surface area contributed by atoms with E-state index < -0.39 is 0 Å². The number of aromatic nitrogens is 3. The maximum absolute atomic E-state index is 9.90. The van der Waals surface area contributed by atoms with E-state index in [1.54, 1.807) is 0 Å². The van der Waals surface area contributed by atoms with Gasteiger partial charge in [-0.15, -0.1) is 0 Å². The van der Waals surface area contributed by atoms with Gasteiger partial charge in [-0.1, -0.05) is 19.3 Å². The van der Waals surface area contributed by atoms with Crippen LogP contribution in [0, 0.1) is 0 Å². The van der Waals surface area contributed by atoms with Gasteiger partial charge in [0, 0.05) is 36.8 Å². The Hall–Kier alpha value is -1.46. The van der Waals surface area contributed by atoms with Crippen molar-refractivity contribution in [1.29, 1.82) is 0 Å². The molecule has 0 saturated heterocycles. The van der Waals surface area contributed by atoms with Crippen molar-refractivity contribution in [3.8, 4) is 0 Å². The third kappa shape index (κ3) is 3.95. The fourth-order valence-corrected chi connectivity index (χ4v) is 3.81. The molecule has 0 bridgehead atoms. The molecule has 0 aliphatic heterocycles. The predicted octanol–water partition coefficient (Wildman–Crippen LogP) is 3.53. The number of aliphatic hydroxyl groups is 1. The molecule has 2 aromatic heterocycles. The predicted molar refractivity (Wildman–Crippen MR) is 96.9 cm³/mol. The van der Waals surface area contributed by atoms with E-state index in [1.807, 2.05) is 24.0 Å². The monoisotopic (exact) mass is 330 g/mol. The molecule has 24 heavy (non-hydrogen) atoms. The fraction of sp³-hybridized carbons (Fsp3) is 0.684. The van der Waals surface area contributed by atoms with Gasteiger partial charge in [-0.05, 0) is 45.2 Å². The number of pyridine rings is 1. The molecule has 1 N–H and O–H groups in total. The fourth-order valence-electron chi connectivity index (χ4n) is 3.81. The molecule has 2 aromatic rings. The van der Waals surface area contributed by atoms with E-state index in [-0.39, 0.29) is 6.10 Å². The first-order valence-electron chi connectivity index (χ1n) is 9.29. The van der Waals surface area contributed by atoms with Gasteiger partial charge in [0.25, 0.3) is 0 Å². The van der Waals surface area contributed by atoms with Crippen molar-refractivity contribution in [1.82, 2.24) is 19.7 Å². The van der Waals surface area contributed by atoms with Gasteiger partial charge in [0.1, 0.15) is 0 Å². The second-order valence-electron chi connectivity index (χ2n) is 7.51. The molecular formula is C19H30N4O. The van der Waals surface area contributed by atoms with Gasteiger partial charge in [0.2, 0.25) is 0 Å². The summed E-state index contributed by atoms with van der Waals surface area (Å²) in [6.45, 7) is 7.70. The summed E-state index contributed by atoms with van der Waals surface area (Å²) in [7, 11) is 0. The average molecular weight is 330 g/mol. The van der Waals surface area contributed by atoms with Crippen molar-refractivity contribution in [2.75, 3.05) is 6.54 Å². The summed E-state index contributed by atoms with van der Waals surface area (Å²) in [6, 6.07) is 3.10.